The Morgan fingerprint density at radius 1 is 1.36 bits per heavy atom. The Kier molecular flexibility index (Phi) is 7.41. The predicted octanol–water partition coefficient (Wildman–Crippen LogP) is 2.51. The Hall–Kier alpha value is -1.53. The van der Waals surface area contributed by atoms with Crippen LogP contribution in [0.4, 0.5) is 4.79 Å². The number of carbonyl (C=O) groups is 1. The molecule has 1 aromatic rings. The predicted molar refractivity (Wildman–Crippen MR) is 84.4 cm³/mol. The second-order valence-electron chi connectivity index (χ2n) is 6.12. The molecule has 0 aromatic carbocycles. The first-order valence-corrected chi connectivity index (χ1v) is 7.72. The van der Waals surface area contributed by atoms with Crippen LogP contribution in [0.3, 0.4) is 0 Å². The van der Waals surface area contributed by atoms with Crippen LogP contribution in [0.1, 0.15) is 45.6 Å². The summed E-state index contributed by atoms with van der Waals surface area (Å²) in [6.45, 7) is 10.1. The fraction of sp³-hybridized carbons (Fsp3) is 0.688. The lowest BCUT2D eigenvalue weighted by Crippen LogP contribution is -2.38. The number of aliphatic hydroxyl groups is 1. The van der Waals surface area contributed by atoms with E-state index in [2.05, 4.69) is 5.32 Å². The Morgan fingerprint density at radius 3 is 2.59 bits per heavy atom. The lowest BCUT2D eigenvalue weighted by atomic mass is 10.2. The molecule has 0 atom stereocenters. The van der Waals surface area contributed by atoms with E-state index in [1.54, 1.807) is 11.0 Å². The van der Waals surface area contributed by atoms with E-state index in [1.807, 2.05) is 33.8 Å². The molecule has 2 N–H and O–H groups in total. The van der Waals surface area contributed by atoms with Crippen molar-refractivity contribution >= 4 is 6.09 Å². The highest BCUT2D eigenvalue weighted by Gasteiger charge is 2.20. The van der Waals surface area contributed by atoms with Crippen LogP contribution in [-0.2, 0) is 17.9 Å². The van der Waals surface area contributed by atoms with Gasteiger partial charge in [-0.15, -0.1) is 0 Å². The van der Waals surface area contributed by atoms with Gasteiger partial charge in [0, 0.05) is 13.1 Å². The van der Waals surface area contributed by atoms with Gasteiger partial charge >= 0.3 is 6.09 Å². The average molecular weight is 312 g/mol. The second-order valence-corrected chi connectivity index (χ2v) is 6.12. The van der Waals surface area contributed by atoms with Crippen molar-refractivity contribution in [3.05, 3.63) is 23.7 Å². The Labute approximate surface area is 132 Å². The zero-order valence-electron chi connectivity index (χ0n) is 14.0. The minimum Gasteiger partial charge on any atom is -0.462 e. The molecule has 0 fully saturated rings. The first-order chi connectivity index (χ1) is 10.4. The van der Waals surface area contributed by atoms with Crippen molar-refractivity contribution in [2.24, 2.45) is 0 Å². The molecule has 0 unspecified atom stereocenters. The van der Waals surface area contributed by atoms with Gasteiger partial charge in [0.2, 0.25) is 0 Å². The molecular weight excluding hydrogens is 284 g/mol. The monoisotopic (exact) mass is 312 g/mol. The molecule has 6 nitrogen and oxygen atoms in total. The molecule has 0 aliphatic carbocycles. The van der Waals surface area contributed by atoms with Gasteiger partial charge in [-0.2, -0.15) is 0 Å². The highest BCUT2D eigenvalue weighted by atomic mass is 16.6. The number of hydrogen-bond donors (Lipinski definition) is 2. The summed E-state index contributed by atoms with van der Waals surface area (Å²) in [5, 5.41) is 12.2. The van der Waals surface area contributed by atoms with E-state index in [1.165, 1.54) is 0 Å². The topological polar surface area (TPSA) is 74.9 Å². The highest BCUT2D eigenvalue weighted by molar-refractivity contribution is 5.68. The maximum atomic E-state index is 12.0. The van der Waals surface area contributed by atoms with Crippen molar-refractivity contribution in [1.29, 1.82) is 0 Å². The molecule has 0 saturated heterocycles. The molecule has 0 saturated carbocycles. The third-order valence-corrected chi connectivity index (χ3v) is 2.99. The van der Waals surface area contributed by atoms with E-state index >= 15 is 0 Å². The molecule has 1 aromatic heterocycles. The maximum Gasteiger partial charge on any atom is 0.410 e. The third kappa shape index (κ3) is 6.95. The molecule has 126 valence electrons. The molecular formula is C16H28N2O4. The number of amides is 1. The van der Waals surface area contributed by atoms with E-state index in [0.29, 0.717) is 25.4 Å². The number of furan rings is 1. The summed E-state index contributed by atoms with van der Waals surface area (Å²) in [6.07, 6.45) is 0.564. The van der Waals surface area contributed by atoms with Gasteiger partial charge < -0.3 is 24.5 Å². The number of rotatable bonds is 8. The molecule has 0 spiro atoms. The average Bonchev–Trinajstić information content (AvgIpc) is 2.88. The SMILES string of the molecule is CCN(CCCNCc1ccc(CO)o1)C(=O)OC(C)(C)C. The molecule has 0 radical (unpaired) electrons. The van der Waals surface area contributed by atoms with Crippen LogP contribution in [-0.4, -0.2) is 41.3 Å². The van der Waals surface area contributed by atoms with Gasteiger partial charge in [-0.3, -0.25) is 0 Å². The fourth-order valence-electron chi connectivity index (χ4n) is 1.91. The maximum absolute atomic E-state index is 12.0. The first-order valence-electron chi connectivity index (χ1n) is 7.72. The molecule has 22 heavy (non-hydrogen) atoms. The van der Waals surface area contributed by atoms with Crippen molar-refractivity contribution in [3.63, 3.8) is 0 Å². The normalized spacial score (nSPS) is 11.5. The van der Waals surface area contributed by atoms with Crippen LogP contribution in [0.2, 0.25) is 0 Å². The minimum absolute atomic E-state index is 0.0820. The van der Waals surface area contributed by atoms with E-state index in [-0.39, 0.29) is 12.7 Å². The third-order valence-electron chi connectivity index (χ3n) is 2.99. The minimum atomic E-state index is -0.466. The van der Waals surface area contributed by atoms with Crippen molar-refractivity contribution in [1.82, 2.24) is 10.2 Å². The van der Waals surface area contributed by atoms with Crippen LogP contribution in [0.15, 0.2) is 16.5 Å². The summed E-state index contributed by atoms with van der Waals surface area (Å²) in [6, 6.07) is 3.61. The van der Waals surface area contributed by atoms with Crippen LogP contribution in [0.5, 0.6) is 0 Å². The van der Waals surface area contributed by atoms with Gasteiger partial charge in [-0.25, -0.2) is 4.79 Å². The van der Waals surface area contributed by atoms with E-state index in [4.69, 9.17) is 14.3 Å². The summed E-state index contributed by atoms with van der Waals surface area (Å²) in [4.78, 5) is 13.7. The van der Waals surface area contributed by atoms with E-state index in [0.717, 1.165) is 18.7 Å². The largest absolute Gasteiger partial charge is 0.462 e. The molecule has 0 bridgehead atoms. The molecule has 1 heterocycles. The van der Waals surface area contributed by atoms with Gasteiger partial charge in [0.15, 0.2) is 0 Å². The van der Waals surface area contributed by atoms with Crippen LogP contribution >= 0.6 is 0 Å². The Balaban J connectivity index is 2.22. The van der Waals surface area contributed by atoms with Crippen molar-refractivity contribution in [2.75, 3.05) is 19.6 Å². The van der Waals surface area contributed by atoms with Crippen molar-refractivity contribution < 1.29 is 19.1 Å². The quantitative estimate of drug-likeness (QED) is 0.721. The van der Waals surface area contributed by atoms with Crippen LogP contribution in [0.25, 0.3) is 0 Å². The first kappa shape index (κ1) is 18.5. The van der Waals surface area contributed by atoms with Crippen molar-refractivity contribution in [3.8, 4) is 0 Å². The lowest BCUT2D eigenvalue weighted by molar-refractivity contribution is 0.0258. The molecule has 6 heteroatoms. The Bertz CT molecular complexity index is 451. The summed E-state index contributed by atoms with van der Waals surface area (Å²) in [5.41, 5.74) is -0.466. The number of ether oxygens (including phenoxy) is 1. The van der Waals surface area contributed by atoms with Gasteiger partial charge in [-0.05, 0) is 52.8 Å². The van der Waals surface area contributed by atoms with E-state index < -0.39 is 5.60 Å². The summed E-state index contributed by atoms with van der Waals surface area (Å²) in [7, 11) is 0. The number of nitrogens with one attached hydrogen (secondary N) is 1. The smallest absolute Gasteiger partial charge is 0.410 e. The number of hydrogen-bond acceptors (Lipinski definition) is 5. The van der Waals surface area contributed by atoms with Gasteiger partial charge in [0.05, 0.1) is 6.54 Å². The summed E-state index contributed by atoms with van der Waals surface area (Å²) in [5.74, 6) is 1.36. The van der Waals surface area contributed by atoms with Gasteiger partial charge in [0.1, 0.15) is 23.7 Å². The van der Waals surface area contributed by atoms with Crippen molar-refractivity contribution in [2.45, 2.75) is 52.9 Å². The van der Waals surface area contributed by atoms with Gasteiger partial charge in [-0.1, -0.05) is 0 Å². The lowest BCUT2D eigenvalue weighted by Gasteiger charge is -2.26. The molecule has 1 amide bonds. The fourth-order valence-corrected chi connectivity index (χ4v) is 1.91. The molecule has 0 aliphatic rings. The highest BCUT2D eigenvalue weighted by Crippen LogP contribution is 2.10. The van der Waals surface area contributed by atoms with Crippen LogP contribution in [0, 0.1) is 0 Å². The summed E-state index contributed by atoms with van der Waals surface area (Å²) < 4.78 is 10.7. The second kappa shape index (κ2) is 8.80. The number of aliphatic hydroxyl groups excluding tert-OH is 1. The number of carbonyl (C=O) groups excluding carboxylic acids is 1. The van der Waals surface area contributed by atoms with Gasteiger partial charge in [0.25, 0.3) is 0 Å². The van der Waals surface area contributed by atoms with Crippen LogP contribution < -0.4 is 5.32 Å². The summed E-state index contributed by atoms with van der Waals surface area (Å²) >= 11 is 0. The molecule has 1 rings (SSSR count). The standard InChI is InChI=1S/C16H28N2O4/c1-5-18(15(20)22-16(2,3)4)10-6-9-17-11-13-7-8-14(12-19)21-13/h7-8,17,19H,5-6,9-12H2,1-4H3. The zero-order chi connectivity index (χ0) is 16.6. The zero-order valence-corrected chi connectivity index (χ0v) is 14.0. The number of nitrogens with zero attached hydrogens (tertiary/aromatic N) is 1. The van der Waals surface area contributed by atoms with E-state index in [9.17, 15) is 4.79 Å². The molecule has 0 aliphatic heterocycles. The Morgan fingerprint density at radius 2 is 2.05 bits per heavy atom.